The van der Waals surface area contributed by atoms with Crippen molar-refractivity contribution in [1.29, 1.82) is 0 Å². The highest BCUT2D eigenvalue weighted by Crippen LogP contribution is 2.39. The molecule has 2 rings (SSSR count). The Morgan fingerprint density at radius 1 is 1.30 bits per heavy atom. The average molecular weight is 458 g/mol. The van der Waals surface area contributed by atoms with Gasteiger partial charge in [0.25, 0.3) is 11.1 Å². The van der Waals surface area contributed by atoms with E-state index in [1.54, 1.807) is 26.4 Å². The number of amides is 2. The number of carbonyl (C=O) groups excluding carboxylic acids is 2. The Morgan fingerprint density at radius 3 is 2.67 bits per heavy atom. The van der Waals surface area contributed by atoms with Gasteiger partial charge in [0.1, 0.15) is 0 Å². The first kappa shape index (κ1) is 21.8. The minimum atomic E-state index is -0.281. The van der Waals surface area contributed by atoms with E-state index in [-0.39, 0.29) is 17.3 Å². The van der Waals surface area contributed by atoms with Crippen molar-refractivity contribution in [3.63, 3.8) is 0 Å². The van der Waals surface area contributed by atoms with Gasteiger partial charge in [-0.25, -0.2) is 0 Å². The Hall–Kier alpha value is -1.51. The molecule has 1 aliphatic rings. The smallest absolute Gasteiger partial charge is 0.293 e. The van der Waals surface area contributed by atoms with Crippen LogP contribution in [0.2, 0.25) is 0 Å². The Morgan fingerprint density at radius 2 is 2.04 bits per heavy atom. The van der Waals surface area contributed by atoms with Crippen LogP contribution < -0.4 is 9.47 Å². The third-order valence-corrected chi connectivity index (χ3v) is 5.54. The van der Waals surface area contributed by atoms with Crippen molar-refractivity contribution in [3.05, 3.63) is 27.1 Å². The van der Waals surface area contributed by atoms with Crippen LogP contribution in [0, 0.1) is 0 Å². The molecule has 0 aromatic heterocycles. The standard InChI is InChI=1S/C19H24BrNO5S/c1-5-12(2)26-17-14(20)9-13(10-15(17)25-4)11-16-18(22)21(19(23)27-16)7-6-8-24-3/h9-12H,5-8H2,1-4H3/b16-11+/t12-/m1/s1. The predicted molar refractivity (Wildman–Crippen MR) is 110 cm³/mol. The first-order valence-corrected chi connectivity index (χ1v) is 10.3. The molecule has 1 aromatic carbocycles. The summed E-state index contributed by atoms with van der Waals surface area (Å²) in [6, 6.07) is 3.64. The quantitative estimate of drug-likeness (QED) is 0.395. The molecule has 0 spiro atoms. The highest BCUT2D eigenvalue weighted by Gasteiger charge is 2.34. The number of thioether (sulfide) groups is 1. The second-order valence-corrected chi connectivity index (χ2v) is 7.90. The number of ether oxygens (including phenoxy) is 3. The summed E-state index contributed by atoms with van der Waals surface area (Å²) in [6.45, 7) is 4.88. The molecule has 6 nitrogen and oxygen atoms in total. The molecule has 1 saturated heterocycles. The molecule has 1 fully saturated rings. The zero-order chi connectivity index (χ0) is 20.0. The normalized spacial score (nSPS) is 16.9. The number of halogens is 1. The highest BCUT2D eigenvalue weighted by molar-refractivity contribution is 9.10. The lowest BCUT2D eigenvalue weighted by Crippen LogP contribution is -2.29. The molecule has 1 atom stereocenters. The van der Waals surface area contributed by atoms with Gasteiger partial charge in [-0.2, -0.15) is 0 Å². The number of nitrogens with zero attached hydrogens (tertiary/aromatic N) is 1. The van der Waals surface area contributed by atoms with E-state index in [1.165, 1.54) is 4.90 Å². The van der Waals surface area contributed by atoms with Crippen molar-refractivity contribution in [3.8, 4) is 11.5 Å². The summed E-state index contributed by atoms with van der Waals surface area (Å²) in [6.07, 6.45) is 3.22. The van der Waals surface area contributed by atoms with E-state index in [0.29, 0.717) is 36.0 Å². The van der Waals surface area contributed by atoms with Gasteiger partial charge in [0, 0.05) is 20.3 Å². The number of carbonyl (C=O) groups is 2. The maximum absolute atomic E-state index is 12.5. The third-order valence-electron chi connectivity index (χ3n) is 4.05. The van der Waals surface area contributed by atoms with Crippen molar-refractivity contribution in [2.75, 3.05) is 27.4 Å². The summed E-state index contributed by atoms with van der Waals surface area (Å²) in [5, 5.41) is -0.259. The van der Waals surface area contributed by atoms with Gasteiger partial charge in [0.15, 0.2) is 11.5 Å². The number of imide groups is 1. The lowest BCUT2D eigenvalue weighted by atomic mass is 10.1. The zero-order valence-corrected chi connectivity index (χ0v) is 18.3. The molecule has 1 heterocycles. The first-order valence-electron chi connectivity index (χ1n) is 8.69. The van der Waals surface area contributed by atoms with Crippen LogP contribution >= 0.6 is 27.7 Å². The van der Waals surface area contributed by atoms with E-state index >= 15 is 0 Å². The van der Waals surface area contributed by atoms with Crippen LogP contribution in [-0.2, 0) is 9.53 Å². The number of methoxy groups -OCH3 is 2. The Labute approximate surface area is 172 Å². The topological polar surface area (TPSA) is 65.1 Å². The second kappa shape index (κ2) is 10.1. The second-order valence-electron chi connectivity index (χ2n) is 6.05. The first-order chi connectivity index (χ1) is 12.9. The molecule has 8 heteroatoms. The molecule has 0 saturated carbocycles. The van der Waals surface area contributed by atoms with E-state index in [0.717, 1.165) is 28.2 Å². The van der Waals surface area contributed by atoms with E-state index in [9.17, 15) is 9.59 Å². The molecule has 148 valence electrons. The van der Waals surface area contributed by atoms with Crippen LogP contribution in [-0.4, -0.2) is 49.5 Å². The molecule has 1 aliphatic heterocycles. The van der Waals surface area contributed by atoms with Crippen LogP contribution in [0.5, 0.6) is 11.5 Å². The largest absolute Gasteiger partial charge is 0.493 e. The fourth-order valence-electron chi connectivity index (χ4n) is 2.43. The van der Waals surface area contributed by atoms with Gasteiger partial charge in [0.05, 0.1) is 22.6 Å². The number of rotatable bonds is 9. The molecular formula is C19H24BrNO5S. The highest BCUT2D eigenvalue weighted by atomic mass is 79.9. The number of hydrogen-bond acceptors (Lipinski definition) is 6. The minimum Gasteiger partial charge on any atom is -0.493 e. The fraction of sp³-hybridized carbons (Fsp3) is 0.474. The predicted octanol–water partition coefficient (Wildman–Crippen LogP) is 4.71. The van der Waals surface area contributed by atoms with Gasteiger partial charge in [-0.1, -0.05) is 6.92 Å². The zero-order valence-electron chi connectivity index (χ0n) is 15.9. The molecule has 0 unspecified atom stereocenters. The summed E-state index contributed by atoms with van der Waals surface area (Å²) in [5.74, 6) is 0.906. The summed E-state index contributed by atoms with van der Waals surface area (Å²) < 4.78 is 17.1. The fourth-order valence-corrected chi connectivity index (χ4v) is 3.85. The number of benzene rings is 1. The lowest BCUT2D eigenvalue weighted by Gasteiger charge is -2.17. The van der Waals surface area contributed by atoms with E-state index in [2.05, 4.69) is 15.9 Å². The van der Waals surface area contributed by atoms with E-state index in [1.807, 2.05) is 19.9 Å². The summed E-state index contributed by atoms with van der Waals surface area (Å²) >= 11 is 4.45. The van der Waals surface area contributed by atoms with Crippen LogP contribution in [0.1, 0.15) is 32.3 Å². The Balaban J connectivity index is 2.24. The van der Waals surface area contributed by atoms with Gasteiger partial charge in [-0.05, 0) is 71.2 Å². The van der Waals surface area contributed by atoms with Crippen LogP contribution in [0.25, 0.3) is 6.08 Å². The van der Waals surface area contributed by atoms with Crippen LogP contribution in [0.3, 0.4) is 0 Å². The molecule has 0 bridgehead atoms. The maximum Gasteiger partial charge on any atom is 0.293 e. The van der Waals surface area contributed by atoms with E-state index in [4.69, 9.17) is 14.2 Å². The van der Waals surface area contributed by atoms with Crippen molar-refractivity contribution in [1.82, 2.24) is 4.90 Å². The number of hydrogen-bond donors (Lipinski definition) is 0. The molecule has 0 aliphatic carbocycles. The van der Waals surface area contributed by atoms with Gasteiger partial charge >= 0.3 is 0 Å². The molecular weight excluding hydrogens is 434 g/mol. The van der Waals surface area contributed by atoms with Crippen molar-refractivity contribution < 1.29 is 23.8 Å². The van der Waals surface area contributed by atoms with Crippen molar-refractivity contribution in [2.45, 2.75) is 32.8 Å². The van der Waals surface area contributed by atoms with Crippen molar-refractivity contribution >= 4 is 44.9 Å². The Bertz CT molecular complexity index is 737. The SMILES string of the molecule is CC[C@@H](C)Oc1c(Br)cc(/C=C2/SC(=O)N(CCCOC)C2=O)cc1OC. The molecule has 2 amide bonds. The monoisotopic (exact) mass is 457 g/mol. The van der Waals surface area contributed by atoms with Gasteiger partial charge in [0.2, 0.25) is 0 Å². The molecule has 0 N–H and O–H groups in total. The summed E-state index contributed by atoms with van der Waals surface area (Å²) in [7, 11) is 3.16. The van der Waals surface area contributed by atoms with Crippen LogP contribution in [0.4, 0.5) is 4.79 Å². The molecule has 27 heavy (non-hydrogen) atoms. The summed E-state index contributed by atoms with van der Waals surface area (Å²) in [5.41, 5.74) is 0.748. The van der Waals surface area contributed by atoms with E-state index < -0.39 is 0 Å². The van der Waals surface area contributed by atoms with Gasteiger partial charge in [-0.3, -0.25) is 14.5 Å². The van der Waals surface area contributed by atoms with Crippen LogP contribution in [0.15, 0.2) is 21.5 Å². The van der Waals surface area contributed by atoms with Crippen molar-refractivity contribution in [2.24, 2.45) is 0 Å². The maximum atomic E-state index is 12.5. The average Bonchev–Trinajstić information content (AvgIpc) is 2.90. The lowest BCUT2D eigenvalue weighted by molar-refractivity contribution is -0.122. The third kappa shape index (κ3) is 5.49. The summed E-state index contributed by atoms with van der Waals surface area (Å²) in [4.78, 5) is 26.3. The van der Waals surface area contributed by atoms with Gasteiger partial charge in [-0.15, -0.1) is 0 Å². The van der Waals surface area contributed by atoms with Gasteiger partial charge < -0.3 is 14.2 Å². The minimum absolute atomic E-state index is 0.0460. The Kier molecular flexibility index (Phi) is 8.19. The molecule has 0 radical (unpaired) electrons. The molecule has 1 aromatic rings.